The Hall–Kier alpha value is -2.86. The van der Waals surface area contributed by atoms with Crippen LogP contribution < -0.4 is 19.1 Å². The summed E-state index contributed by atoms with van der Waals surface area (Å²) in [4.78, 5) is 3.83. The average molecular weight is 645 g/mol. The molecule has 1 N–H and O–H groups in total. The van der Waals surface area contributed by atoms with Crippen LogP contribution in [-0.2, 0) is 16.4 Å². The summed E-state index contributed by atoms with van der Waals surface area (Å²) in [6, 6.07) is 8.55. The number of fused-ring (bicyclic) bond motifs is 1. The van der Waals surface area contributed by atoms with Crippen molar-refractivity contribution in [1.29, 1.82) is 0 Å². The zero-order valence-corrected chi connectivity index (χ0v) is 25.6. The summed E-state index contributed by atoms with van der Waals surface area (Å²) in [5.41, 5.74) is 1.02. The van der Waals surface area contributed by atoms with Crippen molar-refractivity contribution in [1.82, 2.24) is 4.90 Å². The number of benzene rings is 3. The number of rotatable bonds is 8. The zero-order valence-electron chi connectivity index (χ0n) is 23.2. The summed E-state index contributed by atoms with van der Waals surface area (Å²) in [7, 11) is -4.05. The van der Waals surface area contributed by atoms with Crippen LogP contribution in [-0.4, -0.2) is 58.2 Å². The molecule has 42 heavy (non-hydrogen) atoms. The van der Waals surface area contributed by atoms with Crippen LogP contribution in [0.3, 0.4) is 0 Å². The van der Waals surface area contributed by atoms with Crippen molar-refractivity contribution in [3.05, 3.63) is 75.0 Å². The fourth-order valence-electron chi connectivity index (χ4n) is 5.24. The second-order valence-electron chi connectivity index (χ2n) is 11.0. The summed E-state index contributed by atoms with van der Waals surface area (Å²) < 4.78 is 82.6. The predicted octanol–water partition coefficient (Wildman–Crippen LogP) is 6.43. The normalized spacial score (nSPS) is 16.7. The molecule has 13 heteroatoms. The van der Waals surface area contributed by atoms with Gasteiger partial charge in [0.15, 0.2) is 29.0 Å². The summed E-state index contributed by atoms with van der Waals surface area (Å²) in [6.45, 7) is 8.35. The lowest BCUT2D eigenvalue weighted by atomic mass is 10.0. The van der Waals surface area contributed by atoms with Crippen molar-refractivity contribution in [3.8, 4) is 11.5 Å². The van der Waals surface area contributed by atoms with Crippen molar-refractivity contribution in [3.63, 3.8) is 0 Å². The first-order valence-corrected chi connectivity index (χ1v) is 15.6. The molecular formula is C29H30Cl2F3N3O4S. The van der Waals surface area contributed by atoms with E-state index >= 15 is 0 Å². The minimum Gasteiger partial charge on any atom is -0.488 e. The lowest BCUT2D eigenvalue weighted by Gasteiger charge is -2.36. The third kappa shape index (κ3) is 6.39. The van der Waals surface area contributed by atoms with Crippen molar-refractivity contribution in [2.24, 2.45) is 0 Å². The molecule has 2 aliphatic rings. The van der Waals surface area contributed by atoms with Crippen LogP contribution in [0.25, 0.3) is 0 Å². The van der Waals surface area contributed by atoms with Gasteiger partial charge in [0, 0.05) is 73.1 Å². The van der Waals surface area contributed by atoms with Crippen LogP contribution in [0.2, 0.25) is 10.0 Å². The van der Waals surface area contributed by atoms with Crippen molar-refractivity contribution in [2.45, 2.75) is 37.7 Å². The molecule has 0 aliphatic carbocycles. The Labute approximate surface area is 253 Å². The van der Waals surface area contributed by atoms with Gasteiger partial charge in [0.2, 0.25) is 0 Å². The van der Waals surface area contributed by atoms with Crippen LogP contribution >= 0.6 is 23.2 Å². The van der Waals surface area contributed by atoms with Crippen LogP contribution in [0.5, 0.6) is 11.5 Å². The van der Waals surface area contributed by atoms with Crippen LogP contribution in [0.15, 0.2) is 41.3 Å². The summed E-state index contributed by atoms with van der Waals surface area (Å²) in [6.07, 6.45) is 0.554. The third-order valence-electron chi connectivity index (χ3n) is 7.32. The van der Waals surface area contributed by atoms with Gasteiger partial charge in [-0.25, -0.2) is 21.6 Å². The fourth-order valence-corrected chi connectivity index (χ4v) is 7.04. The van der Waals surface area contributed by atoms with E-state index in [1.807, 2.05) is 18.7 Å². The highest BCUT2D eigenvalue weighted by Gasteiger charge is 2.34. The van der Waals surface area contributed by atoms with E-state index in [1.165, 1.54) is 25.1 Å². The molecule has 226 valence electrons. The number of hydrogen-bond acceptors (Lipinski definition) is 6. The summed E-state index contributed by atoms with van der Waals surface area (Å²) in [5, 5.41) is 0.278. The molecule has 0 atom stereocenters. The molecule has 1 fully saturated rings. The molecule has 0 radical (unpaired) electrons. The third-order valence-corrected chi connectivity index (χ3v) is 9.42. The number of halogens is 5. The molecule has 1 saturated heterocycles. The number of anilines is 2. The van der Waals surface area contributed by atoms with Gasteiger partial charge < -0.3 is 14.4 Å². The van der Waals surface area contributed by atoms with E-state index in [4.69, 9.17) is 32.7 Å². The predicted molar refractivity (Wildman–Crippen MR) is 157 cm³/mol. The van der Waals surface area contributed by atoms with Gasteiger partial charge >= 0.3 is 0 Å². The number of hydrogen-bond donors (Lipinski definition) is 1. The SMILES string of the molecule is Cc1c(N2CCN(CCOc3cc(NS(=O)(=O)c4cc(Cl)ccc4Cl)cc4c3OC(C)(C)C4)CC2)cc(F)c(F)c1F. The number of nitrogens with zero attached hydrogens (tertiary/aromatic N) is 2. The quantitative estimate of drug-likeness (QED) is 0.285. The standard InChI is InChI=1S/C29H30Cl2F3N3O4S/c1-17-23(15-22(32)27(34)26(17)33)37-8-6-36(7-9-37)10-11-40-24-14-20(12-18-16-29(2,3)41-28(18)24)35-42(38,39)25-13-19(30)4-5-21(25)31/h4-5,12-15,35H,6-11,16H2,1-3H3. The maximum atomic E-state index is 14.1. The van der Waals surface area contributed by atoms with E-state index in [9.17, 15) is 21.6 Å². The molecule has 0 amide bonds. The van der Waals surface area contributed by atoms with E-state index in [0.717, 1.165) is 11.6 Å². The van der Waals surface area contributed by atoms with Crippen LogP contribution in [0.1, 0.15) is 25.0 Å². The molecule has 2 heterocycles. The van der Waals surface area contributed by atoms with Crippen LogP contribution in [0, 0.1) is 24.4 Å². The van der Waals surface area contributed by atoms with Gasteiger partial charge in [-0.05, 0) is 45.0 Å². The molecule has 7 nitrogen and oxygen atoms in total. The average Bonchev–Trinajstić information content (AvgIpc) is 3.25. The Kier molecular flexibility index (Phi) is 8.50. The van der Waals surface area contributed by atoms with E-state index in [-0.39, 0.29) is 27.1 Å². The van der Waals surface area contributed by atoms with E-state index in [2.05, 4.69) is 9.62 Å². The Morgan fingerprint density at radius 3 is 2.45 bits per heavy atom. The fraction of sp³-hybridized carbons (Fsp3) is 0.379. The lowest BCUT2D eigenvalue weighted by molar-refractivity contribution is 0.129. The highest BCUT2D eigenvalue weighted by Crippen LogP contribution is 2.44. The van der Waals surface area contributed by atoms with Crippen molar-refractivity contribution < 1.29 is 31.1 Å². The van der Waals surface area contributed by atoms with E-state index in [1.54, 1.807) is 12.1 Å². The first-order chi connectivity index (χ1) is 19.7. The lowest BCUT2D eigenvalue weighted by Crippen LogP contribution is -2.47. The highest BCUT2D eigenvalue weighted by atomic mass is 35.5. The second kappa shape index (κ2) is 11.7. The molecule has 5 rings (SSSR count). The minimum absolute atomic E-state index is 0.0407. The number of piperazine rings is 1. The minimum atomic E-state index is -4.05. The Bertz CT molecular complexity index is 1630. The summed E-state index contributed by atoms with van der Waals surface area (Å²) >= 11 is 12.2. The van der Waals surface area contributed by atoms with Gasteiger partial charge in [0.25, 0.3) is 10.0 Å². The molecule has 3 aromatic rings. The van der Waals surface area contributed by atoms with Crippen molar-refractivity contribution in [2.75, 3.05) is 49.0 Å². The monoisotopic (exact) mass is 643 g/mol. The molecule has 0 bridgehead atoms. The number of ether oxygens (including phenoxy) is 2. The molecular weight excluding hydrogens is 614 g/mol. The molecule has 0 saturated carbocycles. The number of sulfonamides is 1. The van der Waals surface area contributed by atoms with Gasteiger partial charge in [-0.3, -0.25) is 9.62 Å². The molecule has 0 aromatic heterocycles. The first kappa shape index (κ1) is 30.6. The smallest absolute Gasteiger partial charge is 0.263 e. The first-order valence-electron chi connectivity index (χ1n) is 13.3. The topological polar surface area (TPSA) is 71.1 Å². The second-order valence-corrected chi connectivity index (χ2v) is 13.5. The highest BCUT2D eigenvalue weighted by molar-refractivity contribution is 7.92. The molecule has 3 aromatic carbocycles. The van der Waals surface area contributed by atoms with Crippen molar-refractivity contribution >= 4 is 44.6 Å². The maximum absolute atomic E-state index is 14.1. The van der Waals surface area contributed by atoms with Gasteiger partial charge in [-0.1, -0.05) is 23.2 Å². The maximum Gasteiger partial charge on any atom is 0.263 e. The Morgan fingerprint density at radius 1 is 1.02 bits per heavy atom. The largest absolute Gasteiger partial charge is 0.488 e. The van der Waals surface area contributed by atoms with E-state index < -0.39 is 33.1 Å². The van der Waals surface area contributed by atoms with Gasteiger partial charge in [0.05, 0.1) is 10.7 Å². The Balaban J connectivity index is 1.26. The Morgan fingerprint density at radius 2 is 1.74 bits per heavy atom. The van der Waals surface area contributed by atoms with Crippen LogP contribution in [0.4, 0.5) is 24.5 Å². The molecule has 0 unspecified atom stereocenters. The van der Waals surface area contributed by atoms with Gasteiger partial charge in [-0.15, -0.1) is 0 Å². The van der Waals surface area contributed by atoms with E-state index in [0.29, 0.717) is 62.0 Å². The van der Waals surface area contributed by atoms with Gasteiger partial charge in [-0.2, -0.15) is 0 Å². The zero-order chi connectivity index (χ0) is 30.4. The molecule has 2 aliphatic heterocycles. The van der Waals surface area contributed by atoms with Gasteiger partial charge in [0.1, 0.15) is 17.1 Å². The number of nitrogens with one attached hydrogen (secondary N) is 1. The summed E-state index contributed by atoms with van der Waals surface area (Å²) in [5.74, 6) is -2.87. The molecule has 0 spiro atoms.